The number of carbonyl (C=O) groups excluding carboxylic acids is 2. The number of likely N-dealkylation sites (tertiary alicyclic amines) is 1. The Morgan fingerprint density at radius 1 is 1.10 bits per heavy atom. The predicted molar refractivity (Wildman–Crippen MR) is 114 cm³/mol. The third-order valence-corrected chi connectivity index (χ3v) is 5.72. The van der Waals surface area contributed by atoms with Gasteiger partial charge in [0, 0.05) is 24.2 Å². The molecule has 2 amide bonds. The van der Waals surface area contributed by atoms with Crippen molar-refractivity contribution in [2.24, 2.45) is 5.92 Å². The van der Waals surface area contributed by atoms with Gasteiger partial charge in [-0.2, -0.15) is 0 Å². The van der Waals surface area contributed by atoms with Gasteiger partial charge in [-0.1, -0.05) is 42.5 Å². The fourth-order valence-electron chi connectivity index (χ4n) is 4.16. The Morgan fingerprint density at radius 2 is 1.80 bits per heavy atom. The number of hydrogen-bond donors (Lipinski definition) is 1. The topological polar surface area (TPSA) is 67.9 Å². The van der Waals surface area contributed by atoms with Crippen LogP contribution in [0.4, 0.5) is 15.3 Å². The third kappa shape index (κ3) is 4.42. The number of nitrogens with zero attached hydrogens (tertiary/aromatic N) is 1. The standard InChI is InChI=1S/C24H28N2O4/c1-23(2,3)30-22(28)26-14-19-13-24(19,16-26)18-9-11-20(12-10-18)25-21(27)29-15-17-7-5-4-6-8-17/h4-12,19H,13-16H2,1-3H3,(H,25,27). The smallest absolute Gasteiger partial charge is 0.411 e. The molecule has 6 heteroatoms. The monoisotopic (exact) mass is 408 g/mol. The van der Waals surface area contributed by atoms with Crippen LogP contribution < -0.4 is 5.32 Å². The zero-order valence-corrected chi connectivity index (χ0v) is 17.7. The molecule has 4 rings (SSSR count). The molecule has 6 nitrogen and oxygen atoms in total. The third-order valence-electron chi connectivity index (χ3n) is 5.72. The number of fused-ring (bicyclic) bond motifs is 1. The maximum Gasteiger partial charge on any atom is 0.411 e. The summed E-state index contributed by atoms with van der Waals surface area (Å²) in [6.45, 7) is 7.30. The first-order valence-electron chi connectivity index (χ1n) is 10.3. The SMILES string of the molecule is CC(C)(C)OC(=O)N1CC2CC2(c2ccc(NC(=O)OCc3ccccc3)cc2)C1. The second-order valence-corrected chi connectivity index (χ2v) is 9.18. The molecular formula is C24H28N2O4. The highest BCUT2D eigenvalue weighted by Gasteiger charge is 2.62. The molecule has 2 fully saturated rings. The van der Waals surface area contributed by atoms with E-state index < -0.39 is 11.7 Å². The van der Waals surface area contributed by atoms with Gasteiger partial charge in [0.1, 0.15) is 12.2 Å². The van der Waals surface area contributed by atoms with Gasteiger partial charge in [-0.15, -0.1) is 0 Å². The Labute approximate surface area is 177 Å². The lowest BCUT2D eigenvalue weighted by atomic mass is 9.95. The predicted octanol–water partition coefficient (Wildman–Crippen LogP) is 4.94. The van der Waals surface area contributed by atoms with Gasteiger partial charge >= 0.3 is 12.2 Å². The molecule has 1 N–H and O–H groups in total. The minimum Gasteiger partial charge on any atom is -0.444 e. The molecule has 1 aliphatic carbocycles. The van der Waals surface area contributed by atoms with Crippen molar-refractivity contribution in [3.8, 4) is 0 Å². The molecule has 1 heterocycles. The van der Waals surface area contributed by atoms with Crippen molar-refractivity contribution >= 4 is 17.9 Å². The lowest BCUT2D eigenvalue weighted by molar-refractivity contribution is 0.0270. The van der Waals surface area contributed by atoms with E-state index in [2.05, 4.69) is 5.32 Å². The van der Waals surface area contributed by atoms with Gasteiger partial charge in [0.15, 0.2) is 0 Å². The normalized spacial score (nSPS) is 22.2. The molecule has 1 saturated carbocycles. The van der Waals surface area contributed by atoms with Crippen LogP contribution in [0.1, 0.15) is 38.3 Å². The van der Waals surface area contributed by atoms with E-state index >= 15 is 0 Å². The molecule has 2 atom stereocenters. The molecule has 1 aliphatic heterocycles. The van der Waals surface area contributed by atoms with Crippen molar-refractivity contribution in [2.45, 2.75) is 44.8 Å². The zero-order valence-electron chi connectivity index (χ0n) is 17.7. The van der Waals surface area contributed by atoms with Crippen LogP contribution in [0.15, 0.2) is 54.6 Å². The van der Waals surface area contributed by atoms with Crippen LogP contribution in [0.3, 0.4) is 0 Å². The summed E-state index contributed by atoms with van der Waals surface area (Å²) in [5, 5.41) is 2.76. The van der Waals surface area contributed by atoms with E-state index in [9.17, 15) is 9.59 Å². The first kappa shape index (κ1) is 20.3. The zero-order chi connectivity index (χ0) is 21.4. The average molecular weight is 408 g/mol. The molecule has 2 aromatic carbocycles. The minimum atomic E-state index is -0.487. The lowest BCUT2D eigenvalue weighted by Crippen LogP contribution is -2.37. The first-order chi connectivity index (χ1) is 14.2. The van der Waals surface area contributed by atoms with E-state index in [4.69, 9.17) is 9.47 Å². The van der Waals surface area contributed by atoms with E-state index in [0.29, 0.717) is 18.2 Å². The van der Waals surface area contributed by atoms with Gasteiger partial charge in [-0.3, -0.25) is 5.32 Å². The van der Waals surface area contributed by atoms with Crippen LogP contribution in [0.2, 0.25) is 0 Å². The van der Waals surface area contributed by atoms with Crippen molar-refractivity contribution in [1.82, 2.24) is 4.90 Å². The summed E-state index contributed by atoms with van der Waals surface area (Å²) in [6.07, 6.45) is 0.359. The van der Waals surface area contributed by atoms with E-state index in [1.54, 1.807) is 0 Å². The van der Waals surface area contributed by atoms with Gasteiger partial charge in [-0.25, -0.2) is 9.59 Å². The summed E-state index contributed by atoms with van der Waals surface area (Å²) in [4.78, 5) is 26.2. The first-order valence-corrected chi connectivity index (χ1v) is 10.3. The Balaban J connectivity index is 1.32. The summed E-state index contributed by atoms with van der Waals surface area (Å²) in [6, 6.07) is 17.4. The molecule has 30 heavy (non-hydrogen) atoms. The highest BCUT2D eigenvalue weighted by Crippen LogP contribution is 2.59. The van der Waals surface area contributed by atoms with Crippen LogP contribution in [-0.2, 0) is 21.5 Å². The van der Waals surface area contributed by atoms with E-state index in [1.165, 1.54) is 5.56 Å². The van der Waals surface area contributed by atoms with E-state index in [0.717, 1.165) is 18.5 Å². The number of ether oxygens (including phenoxy) is 2. The van der Waals surface area contributed by atoms with Gasteiger partial charge in [0.05, 0.1) is 0 Å². The summed E-state index contributed by atoms with van der Waals surface area (Å²) in [7, 11) is 0. The van der Waals surface area contributed by atoms with Gasteiger partial charge in [0.25, 0.3) is 0 Å². The van der Waals surface area contributed by atoms with Gasteiger partial charge < -0.3 is 14.4 Å². The van der Waals surface area contributed by atoms with Crippen molar-refractivity contribution in [2.75, 3.05) is 18.4 Å². The number of amides is 2. The van der Waals surface area contributed by atoms with Crippen LogP contribution >= 0.6 is 0 Å². The number of carbonyl (C=O) groups is 2. The second-order valence-electron chi connectivity index (χ2n) is 9.18. The Hall–Kier alpha value is -3.02. The maximum absolute atomic E-state index is 12.4. The Morgan fingerprint density at radius 3 is 2.47 bits per heavy atom. The highest BCUT2D eigenvalue weighted by atomic mass is 16.6. The van der Waals surface area contributed by atoms with Crippen LogP contribution in [0.25, 0.3) is 0 Å². The van der Waals surface area contributed by atoms with Gasteiger partial charge in [0.2, 0.25) is 0 Å². The molecule has 0 bridgehead atoms. The van der Waals surface area contributed by atoms with Crippen LogP contribution in [-0.4, -0.2) is 35.8 Å². The summed E-state index contributed by atoms with van der Waals surface area (Å²) in [5.41, 5.74) is 2.36. The number of piperidine rings is 1. The van der Waals surface area contributed by atoms with Gasteiger partial charge in [-0.05, 0) is 56.4 Å². The molecule has 1 saturated heterocycles. The highest BCUT2D eigenvalue weighted by molar-refractivity contribution is 5.84. The summed E-state index contributed by atoms with van der Waals surface area (Å²) < 4.78 is 10.8. The maximum atomic E-state index is 12.4. The number of hydrogen-bond acceptors (Lipinski definition) is 4. The Bertz CT molecular complexity index is 920. The Kier molecular flexibility index (Phi) is 5.18. The average Bonchev–Trinajstić information content (AvgIpc) is 3.27. The minimum absolute atomic E-state index is 0.0171. The van der Waals surface area contributed by atoms with Crippen molar-refractivity contribution in [3.63, 3.8) is 0 Å². The van der Waals surface area contributed by atoms with Crippen molar-refractivity contribution in [3.05, 3.63) is 65.7 Å². The molecule has 0 aromatic heterocycles. The molecule has 2 unspecified atom stereocenters. The molecule has 158 valence electrons. The lowest BCUT2D eigenvalue weighted by Gasteiger charge is -2.26. The van der Waals surface area contributed by atoms with E-state index in [1.807, 2.05) is 80.3 Å². The van der Waals surface area contributed by atoms with Crippen LogP contribution in [0, 0.1) is 5.92 Å². The van der Waals surface area contributed by atoms with Crippen LogP contribution in [0.5, 0.6) is 0 Å². The molecule has 2 aliphatic rings. The number of nitrogens with one attached hydrogen (secondary N) is 1. The summed E-state index contributed by atoms with van der Waals surface area (Å²) in [5.74, 6) is 0.472. The fraction of sp³-hybridized carbons (Fsp3) is 0.417. The number of rotatable bonds is 4. The number of benzene rings is 2. The second kappa shape index (κ2) is 7.67. The molecule has 2 aromatic rings. The fourth-order valence-corrected chi connectivity index (χ4v) is 4.16. The molecular weight excluding hydrogens is 380 g/mol. The van der Waals surface area contributed by atoms with E-state index in [-0.39, 0.29) is 18.1 Å². The molecule has 0 radical (unpaired) electrons. The largest absolute Gasteiger partial charge is 0.444 e. The summed E-state index contributed by atoms with van der Waals surface area (Å²) >= 11 is 0. The quantitative estimate of drug-likeness (QED) is 0.778. The van der Waals surface area contributed by atoms with Crippen molar-refractivity contribution < 1.29 is 19.1 Å². The molecule has 0 spiro atoms. The number of anilines is 1. The van der Waals surface area contributed by atoms with Crippen molar-refractivity contribution in [1.29, 1.82) is 0 Å².